The Labute approximate surface area is 207 Å². The van der Waals surface area contributed by atoms with Gasteiger partial charge < -0.3 is 9.80 Å². The maximum absolute atomic E-state index is 14.2. The first-order chi connectivity index (χ1) is 15.7. The predicted molar refractivity (Wildman–Crippen MR) is 135 cm³/mol. The molecule has 0 radical (unpaired) electrons. The van der Waals surface area contributed by atoms with Crippen molar-refractivity contribution in [1.29, 1.82) is 0 Å². The molecule has 1 atom stereocenters. The third-order valence-corrected chi connectivity index (χ3v) is 8.27. The number of thioether (sulfide) groups is 1. The van der Waals surface area contributed by atoms with Gasteiger partial charge >= 0.3 is 0 Å². The molecule has 2 heterocycles. The minimum atomic E-state index is -1.14. The quantitative estimate of drug-likeness (QED) is 0.423. The molecule has 1 saturated heterocycles. The van der Waals surface area contributed by atoms with Crippen molar-refractivity contribution in [3.05, 3.63) is 99.5 Å². The monoisotopic (exact) mass is 496 g/mol. The minimum absolute atomic E-state index is 0.124. The smallest absolute Gasteiger partial charge is 0.268 e. The van der Waals surface area contributed by atoms with Crippen LogP contribution in [-0.4, -0.2) is 28.0 Å². The molecule has 1 fully saturated rings. The Morgan fingerprint density at radius 3 is 2.36 bits per heavy atom. The second-order valence-corrected chi connectivity index (χ2v) is 11.6. The van der Waals surface area contributed by atoms with Crippen molar-refractivity contribution >= 4 is 52.5 Å². The van der Waals surface area contributed by atoms with Crippen LogP contribution in [0.5, 0.6) is 0 Å². The molecule has 0 aromatic heterocycles. The summed E-state index contributed by atoms with van der Waals surface area (Å²) in [5, 5.41) is 1.17. The van der Waals surface area contributed by atoms with Crippen LogP contribution in [0.2, 0.25) is 10.0 Å². The molecule has 4 nitrogen and oxygen atoms in total. The first-order valence-corrected chi connectivity index (χ1v) is 12.2. The van der Waals surface area contributed by atoms with E-state index in [4.69, 9.17) is 23.2 Å². The molecule has 3 aromatic rings. The van der Waals surface area contributed by atoms with Gasteiger partial charge in [0.25, 0.3) is 11.8 Å². The number of nitrogens with zero attached hydrogens (tertiary/aromatic N) is 2. The SMILES string of the molecule is CC1(C)CN(C(=O)c2ccc(Cl)cc2)[C@@]2(S1)C(=O)N(Cc1ccccc1Cl)c1ccccc12. The Morgan fingerprint density at radius 1 is 0.970 bits per heavy atom. The van der Waals surface area contributed by atoms with E-state index in [1.165, 1.54) is 11.8 Å². The fourth-order valence-electron chi connectivity index (χ4n) is 4.66. The average Bonchev–Trinajstić information content (AvgIpc) is 3.21. The maximum Gasteiger partial charge on any atom is 0.268 e. The highest BCUT2D eigenvalue weighted by molar-refractivity contribution is 8.02. The number of rotatable bonds is 3. The molecule has 7 heteroatoms. The van der Waals surface area contributed by atoms with Gasteiger partial charge in [0.2, 0.25) is 0 Å². The Balaban J connectivity index is 1.63. The van der Waals surface area contributed by atoms with Crippen LogP contribution >= 0.6 is 35.0 Å². The lowest BCUT2D eigenvalue weighted by atomic mass is 10.0. The fraction of sp³-hybridized carbons (Fsp3) is 0.231. The van der Waals surface area contributed by atoms with Gasteiger partial charge in [-0.05, 0) is 55.8 Å². The molecule has 2 amide bonds. The third-order valence-electron chi connectivity index (χ3n) is 6.06. The largest absolute Gasteiger partial charge is 0.310 e. The molecule has 0 aliphatic carbocycles. The first kappa shape index (κ1) is 22.3. The van der Waals surface area contributed by atoms with Crippen LogP contribution in [0, 0.1) is 0 Å². The molecular formula is C26H22Cl2N2O2S. The van der Waals surface area contributed by atoms with E-state index in [2.05, 4.69) is 13.8 Å². The molecule has 0 N–H and O–H groups in total. The lowest BCUT2D eigenvalue weighted by Gasteiger charge is -2.33. The molecule has 2 aliphatic rings. The zero-order chi connectivity index (χ0) is 23.4. The number of halogens is 2. The Kier molecular flexibility index (Phi) is 5.47. The Hall–Kier alpha value is -2.47. The van der Waals surface area contributed by atoms with E-state index < -0.39 is 4.87 Å². The van der Waals surface area contributed by atoms with Crippen molar-refractivity contribution in [3.63, 3.8) is 0 Å². The van der Waals surface area contributed by atoms with Crippen LogP contribution in [0.25, 0.3) is 0 Å². The molecule has 0 unspecified atom stereocenters. The van der Waals surface area contributed by atoms with Gasteiger partial charge in [0.15, 0.2) is 4.87 Å². The summed E-state index contributed by atoms with van der Waals surface area (Å²) in [5.41, 5.74) is 3.01. The molecule has 1 spiro atoms. The highest BCUT2D eigenvalue weighted by Crippen LogP contribution is 2.60. The van der Waals surface area contributed by atoms with Crippen molar-refractivity contribution < 1.29 is 9.59 Å². The van der Waals surface area contributed by atoms with E-state index in [-0.39, 0.29) is 16.6 Å². The van der Waals surface area contributed by atoms with E-state index >= 15 is 0 Å². The number of fused-ring (bicyclic) bond motifs is 2. The Bertz CT molecular complexity index is 1260. The van der Waals surface area contributed by atoms with Crippen LogP contribution in [0.3, 0.4) is 0 Å². The molecule has 0 saturated carbocycles. The zero-order valence-corrected chi connectivity index (χ0v) is 20.5. The van der Waals surface area contributed by atoms with Crippen LogP contribution in [0.1, 0.15) is 35.3 Å². The summed E-state index contributed by atoms with van der Waals surface area (Å²) in [6.45, 7) is 4.92. The number of para-hydroxylation sites is 1. The van der Waals surface area contributed by atoms with Gasteiger partial charge in [-0.2, -0.15) is 0 Å². The van der Waals surface area contributed by atoms with E-state index in [9.17, 15) is 9.59 Å². The predicted octanol–water partition coefficient (Wildman–Crippen LogP) is 6.36. The maximum atomic E-state index is 14.2. The van der Waals surface area contributed by atoms with Crippen molar-refractivity contribution in [2.24, 2.45) is 0 Å². The lowest BCUT2D eigenvalue weighted by molar-refractivity contribution is -0.123. The number of hydrogen-bond donors (Lipinski definition) is 0. The molecule has 33 heavy (non-hydrogen) atoms. The number of benzene rings is 3. The molecule has 2 aliphatic heterocycles. The molecular weight excluding hydrogens is 475 g/mol. The number of hydrogen-bond acceptors (Lipinski definition) is 3. The van der Waals surface area contributed by atoms with Crippen LogP contribution < -0.4 is 4.90 Å². The third kappa shape index (κ3) is 3.63. The second-order valence-electron chi connectivity index (χ2n) is 8.90. The molecule has 5 rings (SSSR count). The number of anilines is 1. The van der Waals surface area contributed by atoms with E-state index in [0.717, 1.165) is 16.8 Å². The van der Waals surface area contributed by atoms with Gasteiger partial charge in [0, 0.05) is 32.5 Å². The molecule has 168 valence electrons. The normalized spacial score (nSPS) is 21.0. The summed E-state index contributed by atoms with van der Waals surface area (Å²) in [4.78, 5) is 30.3. The van der Waals surface area contributed by atoms with Crippen molar-refractivity contribution in [2.75, 3.05) is 11.4 Å². The van der Waals surface area contributed by atoms with Crippen molar-refractivity contribution in [2.45, 2.75) is 30.0 Å². The van der Waals surface area contributed by atoms with Gasteiger partial charge in [-0.3, -0.25) is 9.59 Å². The number of carbonyl (C=O) groups excluding carboxylic acids is 2. The number of amides is 2. The van der Waals surface area contributed by atoms with E-state index in [1.807, 2.05) is 48.5 Å². The fourth-order valence-corrected chi connectivity index (χ4v) is 6.71. The van der Waals surface area contributed by atoms with Gasteiger partial charge in [0.05, 0.1) is 12.2 Å². The number of carbonyl (C=O) groups is 2. The standard InChI is InChI=1S/C26H22Cl2N2O2S/c1-25(2)16-30(23(31)17-11-13-19(27)14-12-17)26(33-25)20-8-4-6-10-22(20)29(24(26)32)15-18-7-3-5-9-21(18)28/h3-14H,15-16H2,1-2H3/t26-/m0/s1. The van der Waals surface area contributed by atoms with Crippen molar-refractivity contribution in [1.82, 2.24) is 4.90 Å². The zero-order valence-electron chi connectivity index (χ0n) is 18.2. The van der Waals surface area contributed by atoms with E-state index in [0.29, 0.717) is 28.7 Å². The van der Waals surface area contributed by atoms with Gasteiger partial charge in [-0.15, -0.1) is 11.8 Å². The topological polar surface area (TPSA) is 40.6 Å². The van der Waals surface area contributed by atoms with Crippen LogP contribution in [0.15, 0.2) is 72.8 Å². The second kappa shape index (κ2) is 8.08. The summed E-state index contributed by atoms with van der Waals surface area (Å²) < 4.78 is -0.314. The Morgan fingerprint density at radius 2 is 1.64 bits per heavy atom. The minimum Gasteiger partial charge on any atom is -0.310 e. The highest BCUT2D eigenvalue weighted by atomic mass is 35.5. The van der Waals surface area contributed by atoms with Crippen LogP contribution in [0.4, 0.5) is 5.69 Å². The van der Waals surface area contributed by atoms with Gasteiger partial charge in [0.1, 0.15) is 0 Å². The molecule has 3 aromatic carbocycles. The van der Waals surface area contributed by atoms with Gasteiger partial charge in [-0.1, -0.05) is 59.6 Å². The van der Waals surface area contributed by atoms with E-state index in [1.54, 1.807) is 34.1 Å². The summed E-state index contributed by atoms with van der Waals surface area (Å²) in [6, 6.07) is 22.1. The first-order valence-electron chi connectivity index (χ1n) is 10.7. The van der Waals surface area contributed by atoms with Gasteiger partial charge in [-0.25, -0.2) is 0 Å². The average molecular weight is 497 g/mol. The molecule has 0 bridgehead atoms. The summed E-state index contributed by atoms with van der Waals surface area (Å²) >= 11 is 14.0. The summed E-state index contributed by atoms with van der Waals surface area (Å²) in [7, 11) is 0. The lowest BCUT2D eigenvalue weighted by Crippen LogP contribution is -2.50. The van der Waals surface area contributed by atoms with Crippen LogP contribution in [-0.2, 0) is 16.2 Å². The van der Waals surface area contributed by atoms with Crippen molar-refractivity contribution in [3.8, 4) is 0 Å². The highest BCUT2D eigenvalue weighted by Gasteiger charge is 2.63. The summed E-state index contributed by atoms with van der Waals surface area (Å²) in [5.74, 6) is -0.311. The summed E-state index contributed by atoms with van der Waals surface area (Å²) in [6.07, 6.45) is 0.